The molecule has 0 aromatic heterocycles. The molecule has 2 N–H and O–H groups in total. The molecule has 21 heavy (non-hydrogen) atoms. The third-order valence-electron chi connectivity index (χ3n) is 4.31. The maximum atomic E-state index is 11.9. The predicted octanol–water partition coefficient (Wildman–Crippen LogP) is 3.38. The smallest absolute Gasteiger partial charge is 0.303 e. The van der Waals surface area contributed by atoms with Gasteiger partial charge in [0.25, 0.3) is 0 Å². The molecule has 0 heterocycles. The number of hydrogen-bond donors (Lipinski definition) is 2. The molecule has 0 aromatic carbocycles. The van der Waals surface area contributed by atoms with E-state index in [1.54, 1.807) is 0 Å². The monoisotopic (exact) mass is 295 g/mol. The van der Waals surface area contributed by atoms with Crippen LogP contribution in [0.4, 0.5) is 0 Å². The van der Waals surface area contributed by atoms with Crippen LogP contribution in [0.15, 0.2) is 12.2 Å². The molecule has 0 fully saturated rings. The van der Waals surface area contributed by atoms with Crippen molar-refractivity contribution in [3.63, 3.8) is 0 Å². The summed E-state index contributed by atoms with van der Waals surface area (Å²) in [5.74, 6) is 0.0643. The normalized spacial score (nSPS) is 19.5. The molecule has 4 heteroatoms. The second-order valence-corrected chi connectivity index (χ2v) is 7.10. The molecular formula is C17H29NO3. The molecule has 0 saturated heterocycles. The van der Waals surface area contributed by atoms with Gasteiger partial charge in [-0.3, -0.25) is 9.59 Å². The predicted molar refractivity (Wildman–Crippen MR) is 83.9 cm³/mol. The second-order valence-electron chi connectivity index (χ2n) is 7.10. The lowest BCUT2D eigenvalue weighted by Crippen LogP contribution is -2.30. The van der Waals surface area contributed by atoms with Gasteiger partial charge in [0.05, 0.1) is 0 Å². The number of aliphatic carboxylic acids is 1. The zero-order valence-electron chi connectivity index (χ0n) is 13.5. The van der Waals surface area contributed by atoms with Crippen LogP contribution in [0.1, 0.15) is 59.3 Å². The maximum Gasteiger partial charge on any atom is 0.303 e. The number of carboxylic acids is 1. The zero-order chi connectivity index (χ0) is 15.9. The van der Waals surface area contributed by atoms with Crippen LogP contribution in [0.5, 0.6) is 0 Å². The standard InChI is InChI=1S/C17H29NO3/c1-17(2,3)14(8-9-16(20)21)10-11-18-15(19)12-13-6-4-5-7-13/h4,6,13-14H,5,7-12H2,1-3H3,(H,18,19)(H,20,21). The van der Waals surface area contributed by atoms with Crippen molar-refractivity contribution in [3.8, 4) is 0 Å². The number of hydrogen-bond acceptors (Lipinski definition) is 2. The molecule has 2 atom stereocenters. The van der Waals surface area contributed by atoms with Crippen LogP contribution < -0.4 is 5.32 Å². The molecule has 120 valence electrons. The van der Waals surface area contributed by atoms with E-state index in [2.05, 4.69) is 38.2 Å². The Morgan fingerprint density at radius 3 is 2.57 bits per heavy atom. The Labute approximate surface area is 128 Å². The summed E-state index contributed by atoms with van der Waals surface area (Å²) in [6.07, 6.45) is 8.71. The van der Waals surface area contributed by atoms with Crippen molar-refractivity contribution in [1.29, 1.82) is 0 Å². The molecule has 0 aliphatic heterocycles. The number of amides is 1. The first kappa shape index (κ1) is 17.7. The molecule has 1 amide bonds. The molecule has 4 nitrogen and oxygen atoms in total. The van der Waals surface area contributed by atoms with Gasteiger partial charge < -0.3 is 10.4 Å². The van der Waals surface area contributed by atoms with Gasteiger partial charge in [0.1, 0.15) is 0 Å². The maximum absolute atomic E-state index is 11.9. The lowest BCUT2D eigenvalue weighted by atomic mass is 9.76. The van der Waals surface area contributed by atoms with Crippen LogP contribution >= 0.6 is 0 Å². The van der Waals surface area contributed by atoms with E-state index in [4.69, 9.17) is 5.11 Å². The molecule has 1 rings (SSSR count). The van der Waals surface area contributed by atoms with Gasteiger partial charge in [-0.05, 0) is 42.9 Å². The van der Waals surface area contributed by atoms with E-state index in [9.17, 15) is 9.59 Å². The van der Waals surface area contributed by atoms with Crippen molar-refractivity contribution >= 4 is 11.9 Å². The number of allylic oxidation sites excluding steroid dienone is 2. The summed E-state index contributed by atoms with van der Waals surface area (Å²) in [5, 5.41) is 11.8. The highest BCUT2D eigenvalue weighted by molar-refractivity contribution is 5.76. The zero-order valence-corrected chi connectivity index (χ0v) is 13.5. The number of carbonyl (C=O) groups is 2. The van der Waals surface area contributed by atoms with E-state index < -0.39 is 5.97 Å². The van der Waals surface area contributed by atoms with Crippen LogP contribution in [0, 0.1) is 17.3 Å². The average molecular weight is 295 g/mol. The summed E-state index contributed by atoms with van der Waals surface area (Å²) in [5.41, 5.74) is 0.0639. The SMILES string of the molecule is CC(C)(C)C(CCNC(=O)CC1C=CCC1)CCC(=O)O. The molecule has 1 aliphatic carbocycles. The summed E-state index contributed by atoms with van der Waals surface area (Å²) < 4.78 is 0. The molecule has 0 radical (unpaired) electrons. The fraction of sp³-hybridized carbons (Fsp3) is 0.765. The summed E-state index contributed by atoms with van der Waals surface area (Å²) in [7, 11) is 0. The van der Waals surface area contributed by atoms with E-state index in [1.165, 1.54) is 0 Å². The highest BCUT2D eigenvalue weighted by Gasteiger charge is 2.25. The Morgan fingerprint density at radius 1 is 1.33 bits per heavy atom. The van der Waals surface area contributed by atoms with Gasteiger partial charge in [-0.15, -0.1) is 0 Å². The van der Waals surface area contributed by atoms with Gasteiger partial charge in [0, 0.05) is 19.4 Å². The summed E-state index contributed by atoms with van der Waals surface area (Å²) >= 11 is 0. The van der Waals surface area contributed by atoms with Gasteiger partial charge in [-0.25, -0.2) is 0 Å². The lowest BCUT2D eigenvalue weighted by Gasteiger charge is -2.30. The van der Waals surface area contributed by atoms with Crippen LogP contribution in [0.25, 0.3) is 0 Å². The number of nitrogens with one attached hydrogen (secondary N) is 1. The quantitative estimate of drug-likeness (QED) is 0.675. The van der Waals surface area contributed by atoms with Crippen LogP contribution in [-0.4, -0.2) is 23.5 Å². The Hall–Kier alpha value is -1.32. The van der Waals surface area contributed by atoms with E-state index in [0.717, 1.165) is 19.3 Å². The van der Waals surface area contributed by atoms with E-state index in [0.29, 0.717) is 31.2 Å². The van der Waals surface area contributed by atoms with Crippen molar-refractivity contribution < 1.29 is 14.7 Å². The van der Waals surface area contributed by atoms with Crippen molar-refractivity contribution in [1.82, 2.24) is 5.32 Å². The van der Waals surface area contributed by atoms with Gasteiger partial charge in [-0.2, -0.15) is 0 Å². The summed E-state index contributed by atoms with van der Waals surface area (Å²) in [4.78, 5) is 22.6. The Morgan fingerprint density at radius 2 is 2.05 bits per heavy atom. The van der Waals surface area contributed by atoms with Crippen molar-refractivity contribution in [2.75, 3.05) is 6.54 Å². The number of rotatable bonds is 8. The van der Waals surface area contributed by atoms with Gasteiger partial charge >= 0.3 is 5.97 Å². The molecule has 2 unspecified atom stereocenters. The van der Waals surface area contributed by atoms with E-state index >= 15 is 0 Å². The summed E-state index contributed by atoms with van der Waals surface area (Å²) in [6, 6.07) is 0. The van der Waals surface area contributed by atoms with E-state index in [-0.39, 0.29) is 17.7 Å². The van der Waals surface area contributed by atoms with E-state index in [1.807, 2.05) is 0 Å². The molecule has 0 bridgehead atoms. The first-order chi connectivity index (χ1) is 9.79. The molecular weight excluding hydrogens is 266 g/mol. The molecule has 1 aliphatic rings. The largest absolute Gasteiger partial charge is 0.481 e. The minimum Gasteiger partial charge on any atom is -0.481 e. The van der Waals surface area contributed by atoms with Crippen molar-refractivity contribution in [2.24, 2.45) is 17.3 Å². The number of carbonyl (C=O) groups excluding carboxylic acids is 1. The van der Waals surface area contributed by atoms with Crippen LogP contribution in [0.3, 0.4) is 0 Å². The number of carboxylic acid groups (broad SMARTS) is 1. The Balaban J connectivity index is 2.29. The first-order valence-corrected chi connectivity index (χ1v) is 7.94. The summed E-state index contributed by atoms with van der Waals surface area (Å²) in [6.45, 7) is 7.02. The Bertz CT molecular complexity index is 382. The third-order valence-corrected chi connectivity index (χ3v) is 4.31. The fourth-order valence-corrected chi connectivity index (χ4v) is 2.87. The van der Waals surface area contributed by atoms with Crippen LogP contribution in [-0.2, 0) is 9.59 Å². The van der Waals surface area contributed by atoms with Crippen LogP contribution in [0.2, 0.25) is 0 Å². The molecule has 0 saturated carbocycles. The molecule has 0 aromatic rings. The minimum absolute atomic E-state index is 0.0639. The fourth-order valence-electron chi connectivity index (χ4n) is 2.87. The first-order valence-electron chi connectivity index (χ1n) is 7.94. The second kappa shape index (κ2) is 8.20. The van der Waals surface area contributed by atoms with Gasteiger partial charge in [-0.1, -0.05) is 32.9 Å². The highest BCUT2D eigenvalue weighted by atomic mass is 16.4. The topological polar surface area (TPSA) is 66.4 Å². The molecule has 0 spiro atoms. The van der Waals surface area contributed by atoms with Crippen molar-refractivity contribution in [3.05, 3.63) is 12.2 Å². The Kier molecular flexibility index (Phi) is 6.93. The third kappa shape index (κ3) is 7.30. The lowest BCUT2D eigenvalue weighted by molar-refractivity contribution is -0.137. The highest BCUT2D eigenvalue weighted by Crippen LogP contribution is 2.32. The minimum atomic E-state index is -0.749. The van der Waals surface area contributed by atoms with Gasteiger partial charge in [0.2, 0.25) is 5.91 Å². The van der Waals surface area contributed by atoms with Crippen molar-refractivity contribution in [2.45, 2.75) is 59.3 Å². The van der Waals surface area contributed by atoms with Gasteiger partial charge in [0.15, 0.2) is 0 Å². The average Bonchev–Trinajstić information content (AvgIpc) is 2.84.